The molecule has 0 saturated heterocycles. The third-order valence-corrected chi connectivity index (χ3v) is 5.19. The van der Waals surface area contributed by atoms with Gasteiger partial charge in [-0.1, -0.05) is 24.3 Å². The van der Waals surface area contributed by atoms with Gasteiger partial charge in [-0.05, 0) is 29.3 Å². The molecule has 9 heteroatoms. The van der Waals surface area contributed by atoms with Gasteiger partial charge >= 0.3 is 0 Å². The Morgan fingerprint density at radius 1 is 1.09 bits per heavy atom. The molecule has 32 heavy (non-hydrogen) atoms. The maximum Gasteiger partial charge on any atom is 0.231 e. The van der Waals surface area contributed by atoms with Crippen LogP contribution in [0, 0.1) is 0 Å². The molecular weight excluding hydrogens is 414 g/mol. The zero-order valence-electron chi connectivity index (χ0n) is 17.4. The molecule has 2 amide bonds. The summed E-state index contributed by atoms with van der Waals surface area (Å²) in [5, 5.41) is 15.4. The highest BCUT2D eigenvalue weighted by Gasteiger charge is 2.29. The van der Waals surface area contributed by atoms with Crippen molar-refractivity contribution in [1.29, 1.82) is 0 Å². The number of amides is 2. The van der Waals surface area contributed by atoms with E-state index >= 15 is 0 Å². The average Bonchev–Trinajstić information content (AvgIpc) is 3.27. The predicted octanol–water partition coefficient (Wildman–Crippen LogP) is 0.860. The first kappa shape index (κ1) is 21.8. The van der Waals surface area contributed by atoms with E-state index in [4.69, 9.17) is 14.2 Å². The van der Waals surface area contributed by atoms with E-state index in [0.29, 0.717) is 18.0 Å². The first-order valence-corrected chi connectivity index (χ1v) is 10.4. The van der Waals surface area contributed by atoms with Crippen LogP contribution in [-0.4, -0.2) is 53.6 Å². The van der Waals surface area contributed by atoms with Gasteiger partial charge < -0.3 is 30.0 Å². The molecule has 1 aromatic heterocycles. The molecule has 0 saturated carbocycles. The number of benzene rings is 1. The molecule has 1 aromatic carbocycles. The summed E-state index contributed by atoms with van der Waals surface area (Å²) >= 11 is 0. The molecule has 9 nitrogen and oxygen atoms in total. The molecule has 0 fully saturated rings. The number of hydrogen-bond donors (Lipinski definition) is 3. The summed E-state index contributed by atoms with van der Waals surface area (Å²) in [4.78, 5) is 28.7. The SMILES string of the molecule is O=C(C[C@@H]1C=C[C@H](NC(=O)Cc2cccnc2)[C@@H](CO)O1)NCc1ccc2c(c1)OCO2. The van der Waals surface area contributed by atoms with E-state index in [1.165, 1.54) is 0 Å². The van der Waals surface area contributed by atoms with E-state index in [0.717, 1.165) is 11.1 Å². The van der Waals surface area contributed by atoms with Crippen LogP contribution in [0.3, 0.4) is 0 Å². The number of aliphatic hydroxyl groups is 1. The van der Waals surface area contributed by atoms with E-state index in [-0.39, 0.29) is 38.1 Å². The van der Waals surface area contributed by atoms with Crippen molar-refractivity contribution in [3.8, 4) is 11.5 Å². The quantitative estimate of drug-likeness (QED) is 0.522. The molecule has 0 unspecified atom stereocenters. The van der Waals surface area contributed by atoms with Crippen LogP contribution in [0.4, 0.5) is 0 Å². The Balaban J connectivity index is 1.25. The summed E-state index contributed by atoms with van der Waals surface area (Å²) in [7, 11) is 0. The van der Waals surface area contributed by atoms with Crippen LogP contribution < -0.4 is 20.1 Å². The number of nitrogens with one attached hydrogen (secondary N) is 2. The monoisotopic (exact) mass is 439 g/mol. The highest BCUT2D eigenvalue weighted by Crippen LogP contribution is 2.32. The van der Waals surface area contributed by atoms with Crippen molar-refractivity contribution in [2.45, 2.75) is 37.6 Å². The van der Waals surface area contributed by atoms with E-state index in [1.54, 1.807) is 30.6 Å². The van der Waals surface area contributed by atoms with E-state index in [2.05, 4.69) is 15.6 Å². The summed E-state index contributed by atoms with van der Waals surface area (Å²) < 4.78 is 16.4. The van der Waals surface area contributed by atoms with Gasteiger partial charge in [-0.2, -0.15) is 0 Å². The van der Waals surface area contributed by atoms with Crippen molar-refractivity contribution in [1.82, 2.24) is 15.6 Å². The Labute approximate surface area is 185 Å². The second-order valence-electron chi connectivity index (χ2n) is 7.58. The van der Waals surface area contributed by atoms with Crippen LogP contribution >= 0.6 is 0 Å². The standard InChI is InChI=1S/C23H25N3O6/c27-13-21-18(26-23(29)9-15-2-1-7-24-11-15)5-4-17(32-21)10-22(28)25-12-16-3-6-19-20(8-16)31-14-30-19/h1-8,11,17-18,21,27H,9-10,12-14H2,(H,25,28)(H,26,29)/t17-,18-,21+/m0/s1. The molecule has 3 heterocycles. The number of aliphatic hydroxyl groups excluding tert-OH is 1. The lowest BCUT2D eigenvalue weighted by Crippen LogP contribution is -2.49. The number of carbonyl (C=O) groups is 2. The molecule has 2 aromatic rings. The topological polar surface area (TPSA) is 119 Å². The van der Waals surface area contributed by atoms with Crippen LogP contribution in [0.15, 0.2) is 54.9 Å². The normalized spacial score (nSPS) is 21.2. The summed E-state index contributed by atoms with van der Waals surface area (Å²) in [5.74, 6) is 0.971. The Hall–Kier alpha value is -3.43. The van der Waals surface area contributed by atoms with E-state index in [9.17, 15) is 14.7 Å². The fraction of sp³-hybridized carbons (Fsp3) is 0.348. The molecule has 3 N–H and O–H groups in total. The number of carbonyl (C=O) groups excluding carboxylic acids is 2. The zero-order chi connectivity index (χ0) is 22.3. The first-order valence-electron chi connectivity index (χ1n) is 10.4. The molecule has 0 bridgehead atoms. The van der Waals surface area contributed by atoms with Gasteiger partial charge in [0, 0.05) is 18.9 Å². The van der Waals surface area contributed by atoms with Crippen molar-refractivity contribution in [2.24, 2.45) is 0 Å². The summed E-state index contributed by atoms with van der Waals surface area (Å²) in [6, 6.07) is 8.63. The largest absolute Gasteiger partial charge is 0.454 e. The minimum absolute atomic E-state index is 0.105. The Bertz CT molecular complexity index is 981. The second kappa shape index (κ2) is 10.3. The van der Waals surface area contributed by atoms with Crippen LogP contribution in [0.2, 0.25) is 0 Å². The van der Waals surface area contributed by atoms with Crippen molar-refractivity contribution in [2.75, 3.05) is 13.4 Å². The van der Waals surface area contributed by atoms with Gasteiger partial charge in [0.15, 0.2) is 11.5 Å². The lowest BCUT2D eigenvalue weighted by molar-refractivity contribution is -0.128. The van der Waals surface area contributed by atoms with Crippen LogP contribution in [0.25, 0.3) is 0 Å². The van der Waals surface area contributed by atoms with Gasteiger partial charge in [-0.25, -0.2) is 0 Å². The van der Waals surface area contributed by atoms with Crippen molar-refractivity contribution < 1.29 is 28.9 Å². The average molecular weight is 439 g/mol. The molecular formula is C23H25N3O6. The number of fused-ring (bicyclic) bond motifs is 1. The van der Waals surface area contributed by atoms with Gasteiger partial charge in [0.2, 0.25) is 18.6 Å². The maximum absolute atomic E-state index is 12.4. The number of rotatable bonds is 8. The van der Waals surface area contributed by atoms with Crippen LogP contribution in [0.1, 0.15) is 17.5 Å². The van der Waals surface area contributed by atoms with Gasteiger partial charge in [-0.3, -0.25) is 14.6 Å². The number of ether oxygens (including phenoxy) is 3. The minimum Gasteiger partial charge on any atom is -0.454 e. The Morgan fingerprint density at radius 2 is 1.97 bits per heavy atom. The smallest absolute Gasteiger partial charge is 0.231 e. The van der Waals surface area contributed by atoms with Crippen molar-refractivity contribution in [3.63, 3.8) is 0 Å². The Morgan fingerprint density at radius 3 is 2.78 bits per heavy atom. The molecule has 0 spiro atoms. The van der Waals surface area contributed by atoms with Gasteiger partial charge in [0.05, 0.1) is 31.6 Å². The van der Waals surface area contributed by atoms with Gasteiger partial charge in [0.1, 0.15) is 6.10 Å². The zero-order valence-corrected chi connectivity index (χ0v) is 17.4. The summed E-state index contributed by atoms with van der Waals surface area (Å²) in [6.45, 7) is 0.271. The maximum atomic E-state index is 12.4. The highest BCUT2D eigenvalue weighted by atomic mass is 16.7. The predicted molar refractivity (Wildman–Crippen MR) is 114 cm³/mol. The minimum atomic E-state index is -0.635. The molecule has 4 rings (SSSR count). The second-order valence-corrected chi connectivity index (χ2v) is 7.58. The van der Waals surface area contributed by atoms with Crippen LogP contribution in [-0.2, 0) is 27.3 Å². The molecule has 0 aliphatic carbocycles. The van der Waals surface area contributed by atoms with Gasteiger partial charge in [-0.15, -0.1) is 0 Å². The van der Waals surface area contributed by atoms with E-state index < -0.39 is 18.2 Å². The number of aromatic nitrogens is 1. The third kappa shape index (κ3) is 5.63. The number of nitrogens with zero attached hydrogens (tertiary/aromatic N) is 1. The number of pyridine rings is 1. The first-order chi connectivity index (χ1) is 15.6. The lowest BCUT2D eigenvalue weighted by atomic mass is 10.0. The van der Waals surface area contributed by atoms with Crippen LogP contribution in [0.5, 0.6) is 11.5 Å². The third-order valence-electron chi connectivity index (χ3n) is 5.19. The molecule has 168 valence electrons. The van der Waals surface area contributed by atoms with Crippen molar-refractivity contribution >= 4 is 11.8 Å². The molecule has 0 radical (unpaired) electrons. The van der Waals surface area contributed by atoms with E-state index in [1.807, 2.05) is 24.3 Å². The highest BCUT2D eigenvalue weighted by molar-refractivity contribution is 5.79. The summed E-state index contributed by atoms with van der Waals surface area (Å²) in [6.07, 6.45) is 5.94. The Kier molecular flexibility index (Phi) is 6.98. The fourth-order valence-corrected chi connectivity index (χ4v) is 3.57. The van der Waals surface area contributed by atoms with Gasteiger partial charge in [0.25, 0.3) is 0 Å². The summed E-state index contributed by atoms with van der Waals surface area (Å²) in [5.41, 5.74) is 1.69. The molecule has 2 aliphatic heterocycles. The lowest BCUT2D eigenvalue weighted by Gasteiger charge is -2.31. The molecule has 3 atom stereocenters. The molecule has 2 aliphatic rings. The van der Waals surface area contributed by atoms with Crippen molar-refractivity contribution in [3.05, 3.63) is 66.0 Å². The number of hydrogen-bond acceptors (Lipinski definition) is 7. The fourth-order valence-electron chi connectivity index (χ4n) is 3.57.